The molecule has 0 saturated heterocycles. The molecule has 13 heavy (non-hydrogen) atoms. The van der Waals surface area contributed by atoms with Crippen LogP contribution in [0.5, 0.6) is 0 Å². The second-order valence-corrected chi connectivity index (χ2v) is 3.08. The highest BCUT2D eigenvalue weighted by atomic mass is 14.9. The summed E-state index contributed by atoms with van der Waals surface area (Å²) in [6.45, 7) is 3.48. The van der Waals surface area contributed by atoms with Gasteiger partial charge in [0.05, 0.1) is 5.69 Å². The van der Waals surface area contributed by atoms with Crippen molar-refractivity contribution in [1.82, 2.24) is 15.3 Å². The summed E-state index contributed by atoms with van der Waals surface area (Å²) in [7, 11) is 0. The van der Waals surface area contributed by atoms with E-state index in [1.807, 2.05) is 6.92 Å². The predicted octanol–water partition coefficient (Wildman–Crippen LogP) is 0.302. The first kappa shape index (κ1) is 8.14. The lowest BCUT2D eigenvalue weighted by Gasteiger charge is -2.16. The van der Waals surface area contributed by atoms with Gasteiger partial charge < -0.3 is 5.32 Å². The van der Waals surface area contributed by atoms with E-state index in [9.17, 15) is 0 Å². The smallest absolute Gasteiger partial charge is 0.148 e. The molecule has 0 spiro atoms. The Morgan fingerprint density at radius 3 is 3.08 bits per heavy atom. The van der Waals surface area contributed by atoms with Crippen LogP contribution in [-0.4, -0.2) is 16.5 Å². The zero-order valence-electron chi connectivity index (χ0n) is 7.46. The maximum atomic E-state index is 8.85. The molecule has 0 unspecified atom stereocenters. The second-order valence-electron chi connectivity index (χ2n) is 3.08. The molecule has 2 rings (SSSR count). The van der Waals surface area contributed by atoms with Gasteiger partial charge in [0, 0.05) is 25.1 Å². The standard InChI is InChI=1S/C9H10N4/c1-6-12-8-2-3-11-5-7(8)9(4-10)13-6/h11H,2-3,5H2,1H3. The molecule has 1 aliphatic heterocycles. The summed E-state index contributed by atoms with van der Waals surface area (Å²) >= 11 is 0. The summed E-state index contributed by atoms with van der Waals surface area (Å²) in [4.78, 5) is 8.41. The molecule has 1 N–H and O–H groups in total. The van der Waals surface area contributed by atoms with Crippen LogP contribution < -0.4 is 5.32 Å². The van der Waals surface area contributed by atoms with Gasteiger partial charge in [-0.3, -0.25) is 0 Å². The number of hydrogen-bond donors (Lipinski definition) is 1. The third-order valence-corrected chi connectivity index (χ3v) is 2.15. The van der Waals surface area contributed by atoms with E-state index < -0.39 is 0 Å². The van der Waals surface area contributed by atoms with Crippen LogP contribution in [0.1, 0.15) is 22.8 Å². The number of nitrogens with one attached hydrogen (secondary N) is 1. The van der Waals surface area contributed by atoms with Gasteiger partial charge >= 0.3 is 0 Å². The van der Waals surface area contributed by atoms with Gasteiger partial charge in [-0.1, -0.05) is 0 Å². The van der Waals surface area contributed by atoms with E-state index in [-0.39, 0.29) is 0 Å². The maximum absolute atomic E-state index is 8.85. The SMILES string of the molecule is Cc1nc(C#N)c2c(n1)CCNC2. The van der Waals surface area contributed by atoms with Crippen molar-refractivity contribution < 1.29 is 0 Å². The van der Waals surface area contributed by atoms with E-state index >= 15 is 0 Å². The maximum Gasteiger partial charge on any atom is 0.148 e. The van der Waals surface area contributed by atoms with Gasteiger partial charge in [-0.2, -0.15) is 5.26 Å². The van der Waals surface area contributed by atoms with Gasteiger partial charge in [-0.15, -0.1) is 0 Å². The molecule has 1 aromatic rings. The van der Waals surface area contributed by atoms with E-state index in [0.29, 0.717) is 11.5 Å². The molecule has 4 heteroatoms. The Morgan fingerprint density at radius 1 is 1.46 bits per heavy atom. The lowest BCUT2D eigenvalue weighted by molar-refractivity contribution is 0.620. The summed E-state index contributed by atoms with van der Waals surface area (Å²) < 4.78 is 0. The van der Waals surface area contributed by atoms with Gasteiger partial charge in [0.25, 0.3) is 0 Å². The van der Waals surface area contributed by atoms with Crippen molar-refractivity contribution in [1.29, 1.82) is 5.26 Å². The first-order chi connectivity index (χ1) is 6.31. The van der Waals surface area contributed by atoms with Crippen LogP contribution in [0.3, 0.4) is 0 Å². The molecule has 0 fully saturated rings. The van der Waals surface area contributed by atoms with Crippen molar-refractivity contribution in [3.63, 3.8) is 0 Å². The molecule has 66 valence electrons. The van der Waals surface area contributed by atoms with E-state index in [2.05, 4.69) is 21.4 Å². The average Bonchev–Trinajstić information content (AvgIpc) is 2.16. The van der Waals surface area contributed by atoms with E-state index in [1.54, 1.807) is 0 Å². The number of fused-ring (bicyclic) bond motifs is 1. The van der Waals surface area contributed by atoms with Crippen LogP contribution in [0.25, 0.3) is 0 Å². The molecule has 0 bridgehead atoms. The van der Waals surface area contributed by atoms with Crippen molar-refractivity contribution >= 4 is 0 Å². The topological polar surface area (TPSA) is 61.6 Å². The molecule has 0 aliphatic carbocycles. The van der Waals surface area contributed by atoms with Gasteiger partial charge in [-0.05, 0) is 6.92 Å². The van der Waals surface area contributed by atoms with Crippen molar-refractivity contribution in [2.75, 3.05) is 6.54 Å². The Bertz CT molecular complexity index is 378. The van der Waals surface area contributed by atoms with Gasteiger partial charge in [0.1, 0.15) is 17.6 Å². The van der Waals surface area contributed by atoms with Crippen molar-refractivity contribution in [2.45, 2.75) is 19.9 Å². The van der Waals surface area contributed by atoms with Crippen LogP contribution in [0.4, 0.5) is 0 Å². The summed E-state index contributed by atoms with van der Waals surface area (Å²) in [6.07, 6.45) is 0.896. The summed E-state index contributed by atoms with van der Waals surface area (Å²) in [5.74, 6) is 0.692. The Labute approximate surface area is 76.6 Å². The number of aromatic nitrogens is 2. The number of nitrogens with zero attached hydrogens (tertiary/aromatic N) is 3. The third kappa shape index (κ3) is 1.38. The lowest BCUT2D eigenvalue weighted by atomic mass is 10.1. The third-order valence-electron chi connectivity index (χ3n) is 2.15. The Kier molecular flexibility index (Phi) is 1.95. The Balaban J connectivity index is 2.58. The van der Waals surface area contributed by atoms with Gasteiger partial charge in [0.2, 0.25) is 0 Å². The highest BCUT2D eigenvalue weighted by molar-refractivity contribution is 5.35. The summed E-state index contributed by atoms with van der Waals surface area (Å²) in [5, 5.41) is 12.1. The summed E-state index contributed by atoms with van der Waals surface area (Å²) in [6, 6.07) is 2.10. The van der Waals surface area contributed by atoms with Crippen LogP contribution in [0.2, 0.25) is 0 Å². The molecule has 2 heterocycles. The fraction of sp³-hybridized carbons (Fsp3) is 0.444. The minimum Gasteiger partial charge on any atom is -0.312 e. The quantitative estimate of drug-likeness (QED) is 0.614. The van der Waals surface area contributed by atoms with Crippen LogP contribution in [0, 0.1) is 18.3 Å². The molecule has 1 aliphatic rings. The molecule has 0 atom stereocenters. The molecular weight excluding hydrogens is 164 g/mol. The van der Waals surface area contributed by atoms with Crippen molar-refractivity contribution in [2.24, 2.45) is 0 Å². The minimum atomic E-state index is 0.523. The number of aryl methyl sites for hydroxylation is 1. The number of hydrogen-bond acceptors (Lipinski definition) is 4. The first-order valence-corrected chi connectivity index (χ1v) is 4.28. The molecule has 0 amide bonds. The van der Waals surface area contributed by atoms with Crippen LogP contribution >= 0.6 is 0 Å². The Morgan fingerprint density at radius 2 is 2.31 bits per heavy atom. The predicted molar refractivity (Wildman–Crippen MR) is 46.9 cm³/mol. The molecule has 1 aromatic heterocycles. The fourth-order valence-electron chi connectivity index (χ4n) is 1.56. The van der Waals surface area contributed by atoms with E-state index in [4.69, 9.17) is 5.26 Å². The first-order valence-electron chi connectivity index (χ1n) is 4.28. The van der Waals surface area contributed by atoms with Gasteiger partial charge in [0.15, 0.2) is 0 Å². The molecule has 4 nitrogen and oxygen atoms in total. The number of nitriles is 1. The van der Waals surface area contributed by atoms with Gasteiger partial charge in [-0.25, -0.2) is 9.97 Å². The fourth-order valence-corrected chi connectivity index (χ4v) is 1.56. The molecule has 0 saturated carbocycles. The second kappa shape index (κ2) is 3.11. The van der Waals surface area contributed by atoms with E-state index in [1.165, 1.54) is 0 Å². The van der Waals surface area contributed by atoms with Crippen LogP contribution in [-0.2, 0) is 13.0 Å². The van der Waals surface area contributed by atoms with Crippen molar-refractivity contribution in [3.8, 4) is 6.07 Å². The monoisotopic (exact) mass is 174 g/mol. The zero-order valence-corrected chi connectivity index (χ0v) is 7.46. The lowest BCUT2D eigenvalue weighted by Crippen LogP contribution is -2.26. The van der Waals surface area contributed by atoms with Crippen LogP contribution in [0.15, 0.2) is 0 Å². The average molecular weight is 174 g/mol. The Hall–Kier alpha value is -1.47. The summed E-state index contributed by atoms with van der Waals surface area (Å²) in [5.41, 5.74) is 2.52. The molecule has 0 aromatic carbocycles. The van der Waals surface area contributed by atoms with Crippen molar-refractivity contribution in [3.05, 3.63) is 22.8 Å². The van der Waals surface area contributed by atoms with E-state index in [0.717, 1.165) is 30.8 Å². The number of rotatable bonds is 0. The zero-order chi connectivity index (χ0) is 9.26. The minimum absolute atomic E-state index is 0.523. The molecule has 0 radical (unpaired) electrons. The normalized spacial score (nSPS) is 14.8. The highest BCUT2D eigenvalue weighted by Crippen LogP contribution is 2.14. The molecular formula is C9H10N4. The largest absolute Gasteiger partial charge is 0.312 e. The highest BCUT2D eigenvalue weighted by Gasteiger charge is 2.15.